The van der Waals surface area contributed by atoms with Gasteiger partial charge in [-0.15, -0.1) is 0 Å². The lowest BCUT2D eigenvalue weighted by atomic mass is 10.2. The summed E-state index contributed by atoms with van der Waals surface area (Å²) in [6, 6.07) is 13.2. The molecular formula is C19H18BrN3O3. The molecule has 0 aliphatic carbocycles. The lowest BCUT2D eigenvalue weighted by Gasteiger charge is -2.26. The van der Waals surface area contributed by atoms with E-state index in [-0.39, 0.29) is 5.57 Å². The molecule has 134 valence electrons. The van der Waals surface area contributed by atoms with E-state index >= 15 is 0 Å². The fourth-order valence-corrected chi connectivity index (χ4v) is 3.15. The minimum absolute atomic E-state index is 0.00397. The number of furan rings is 1. The Hall–Kier alpha value is -2.56. The van der Waals surface area contributed by atoms with Crippen molar-refractivity contribution in [2.45, 2.75) is 6.54 Å². The van der Waals surface area contributed by atoms with Crippen LogP contribution in [0.15, 0.2) is 50.9 Å². The van der Waals surface area contributed by atoms with E-state index in [9.17, 15) is 10.1 Å². The van der Waals surface area contributed by atoms with Gasteiger partial charge >= 0.3 is 0 Å². The van der Waals surface area contributed by atoms with Crippen LogP contribution in [0.25, 0.3) is 6.08 Å². The third kappa shape index (κ3) is 4.54. The Kier molecular flexibility index (Phi) is 6.10. The molecule has 1 amide bonds. The summed E-state index contributed by atoms with van der Waals surface area (Å²) in [5.74, 6) is 0.697. The molecule has 0 atom stereocenters. The second kappa shape index (κ2) is 8.70. The number of nitrogens with zero attached hydrogens (tertiary/aromatic N) is 2. The van der Waals surface area contributed by atoms with E-state index in [0.29, 0.717) is 31.4 Å². The van der Waals surface area contributed by atoms with Crippen molar-refractivity contribution in [2.24, 2.45) is 0 Å². The zero-order valence-electron chi connectivity index (χ0n) is 14.1. The first kappa shape index (κ1) is 18.2. The van der Waals surface area contributed by atoms with Gasteiger partial charge in [-0.1, -0.05) is 30.3 Å². The monoisotopic (exact) mass is 415 g/mol. The lowest BCUT2D eigenvalue weighted by molar-refractivity contribution is -0.117. The van der Waals surface area contributed by atoms with Crippen molar-refractivity contribution < 1.29 is 13.9 Å². The van der Waals surface area contributed by atoms with E-state index in [2.05, 4.69) is 26.1 Å². The zero-order valence-corrected chi connectivity index (χ0v) is 15.7. The summed E-state index contributed by atoms with van der Waals surface area (Å²) in [6.07, 6.45) is 1.45. The molecule has 0 bridgehead atoms. The molecule has 1 aliphatic heterocycles. The van der Waals surface area contributed by atoms with Crippen LogP contribution in [0.3, 0.4) is 0 Å². The Morgan fingerprint density at radius 2 is 2.04 bits per heavy atom. The maximum absolute atomic E-state index is 12.3. The smallest absolute Gasteiger partial charge is 0.262 e. The summed E-state index contributed by atoms with van der Waals surface area (Å²) >= 11 is 3.47. The van der Waals surface area contributed by atoms with Crippen molar-refractivity contribution in [3.8, 4) is 6.07 Å². The Labute approximate surface area is 160 Å². The third-order valence-electron chi connectivity index (χ3n) is 3.93. The molecule has 1 N–H and O–H groups in total. The molecule has 1 aromatic heterocycles. The number of anilines is 1. The SMILES string of the molecule is N#C/C(=C/c1cc(Br)c(N2CCOCC2)o1)C(=O)NCc1ccccc1. The van der Waals surface area contributed by atoms with Crippen molar-refractivity contribution in [3.63, 3.8) is 0 Å². The maximum Gasteiger partial charge on any atom is 0.262 e. The molecule has 0 radical (unpaired) electrons. The van der Waals surface area contributed by atoms with Crippen LogP contribution in [0.4, 0.5) is 5.88 Å². The molecule has 0 spiro atoms. The van der Waals surface area contributed by atoms with Crippen LogP contribution in [0.1, 0.15) is 11.3 Å². The predicted octanol–water partition coefficient (Wildman–Crippen LogP) is 3.10. The molecule has 1 aromatic carbocycles. The Morgan fingerprint density at radius 1 is 1.31 bits per heavy atom. The summed E-state index contributed by atoms with van der Waals surface area (Å²) in [6.45, 7) is 3.11. The molecule has 2 heterocycles. The van der Waals surface area contributed by atoms with Gasteiger partial charge in [0.25, 0.3) is 5.91 Å². The van der Waals surface area contributed by atoms with Crippen molar-refractivity contribution in [2.75, 3.05) is 31.2 Å². The van der Waals surface area contributed by atoms with E-state index in [4.69, 9.17) is 9.15 Å². The fraction of sp³-hybridized carbons (Fsp3) is 0.263. The second-order valence-electron chi connectivity index (χ2n) is 5.74. The highest BCUT2D eigenvalue weighted by molar-refractivity contribution is 9.10. The number of ether oxygens (including phenoxy) is 1. The van der Waals surface area contributed by atoms with E-state index < -0.39 is 5.91 Å². The molecule has 1 aliphatic rings. The number of rotatable bonds is 5. The molecule has 6 nitrogen and oxygen atoms in total. The highest BCUT2D eigenvalue weighted by atomic mass is 79.9. The number of amides is 1. The first-order chi connectivity index (χ1) is 12.7. The van der Waals surface area contributed by atoms with E-state index in [1.807, 2.05) is 36.4 Å². The van der Waals surface area contributed by atoms with Gasteiger partial charge in [0.1, 0.15) is 17.4 Å². The number of nitriles is 1. The molecular weight excluding hydrogens is 398 g/mol. The normalized spacial score (nSPS) is 14.8. The van der Waals surface area contributed by atoms with Crippen LogP contribution < -0.4 is 10.2 Å². The highest BCUT2D eigenvalue weighted by Crippen LogP contribution is 2.31. The zero-order chi connectivity index (χ0) is 18.4. The Bertz CT molecular complexity index is 833. The van der Waals surface area contributed by atoms with Crippen LogP contribution in [0.5, 0.6) is 0 Å². The molecule has 0 saturated carbocycles. The maximum atomic E-state index is 12.3. The molecule has 3 rings (SSSR count). The van der Waals surface area contributed by atoms with Gasteiger partial charge < -0.3 is 19.4 Å². The third-order valence-corrected chi connectivity index (χ3v) is 4.50. The van der Waals surface area contributed by atoms with E-state index in [1.165, 1.54) is 6.08 Å². The molecule has 1 saturated heterocycles. The van der Waals surface area contributed by atoms with Crippen LogP contribution in [-0.2, 0) is 16.1 Å². The van der Waals surface area contributed by atoms with Crippen molar-refractivity contribution >= 4 is 33.8 Å². The van der Waals surface area contributed by atoms with Crippen molar-refractivity contribution in [1.82, 2.24) is 5.32 Å². The molecule has 2 aromatic rings. The van der Waals surface area contributed by atoms with E-state index in [1.54, 1.807) is 6.07 Å². The number of benzene rings is 1. The minimum Gasteiger partial charge on any atom is -0.440 e. The van der Waals surface area contributed by atoms with Crippen LogP contribution in [-0.4, -0.2) is 32.2 Å². The van der Waals surface area contributed by atoms with Crippen LogP contribution in [0.2, 0.25) is 0 Å². The molecule has 26 heavy (non-hydrogen) atoms. The first-order valence-electron chi connectivity index (χ1n) is 8.23. The van der Waals surface area contributed by atoms with Crippen LogP contribution >= 0.6 is 15.9 Å². The summed E-state index contributed by atoms with van der Waals surface area (Å²) in [5.41, 5.74) is 0.962. The van der Waals surface area contributed by atoms with Crippen molar-refractivity contribution in [1.29, 1.82) is 5.26 Å². The van der Waals surface area contributed by atoms with Gasteiger partial charge in [0.05, 0.1) is 17.7 Å². The summed E-state index contributed by atoms with van der Waals surface area (Å²) in [4.78, 5) is 14.3. The summed E-state index contributed by atoms with van der Waals surface area (Å²) < 4.78 is 11.9. The summed E-state index contributed by atoms with van der Waals surface area (Å²) in [7, 11) is 0. The number of nitrogens with one attached hydrogen (secondary N) is 1. The van der Waals surface area contributed by atoms with Gasteiger partial charge in [0, 0.05) is 31.8 Å². The highest BCUT2D eigenvalue weighted by Gasteiger charge is 2.19. The molecule has 1 fully saturated rings. The number of hydrogen-bond donors (Lipinski definition) is 1. The molecule has 7 heteroatoms. The largest absolute Gasteiger partial charge is 0.440 e. The number of morpholine rings is 1. The number of carbonyl (C=O) groups is 1. The van der Waals surface area contributed by atoms with Crippen molar-refractivity contribution in [3.05, 3.63) is 57.8 Å². The predicted molar refractivity (Wildman–Crippen MR) is 101 cm³/mol. The van der Waals surface area contributed by atoms with Gasteiger partial charge in [0.15, 0.2) is 0 Å². The minimum atomic E-state index is -0.434. The topological polar surface area (TPSA) is 78.5 Å². The average Bonchev–Trinajstić information content (AvgIpc) is 3.06. The van der Waals surface area contributed by atoms with Gasteiger partial charge in [-0.25, -0.2) is 0 Å². The summed E-state index contributed by atoms with van der Waals surface area (Å²) in [5, 5.41) is 12.1. The first-order valence-corrected chi connectivity index (χ1v) is 9.02. The number of carbonyl (C=O) groups excluding carboxylic acids is 1. The Morgan fingerprint density at radius 3 is 2.73 bits per heavy atom. The van der Waals surface area contributed by atoms with Gasteiger partial charge in [-0.3, -0.25) is 4.79 Å². The second-order valence-corrected chi connectivity index (χ2v) is 6.59. The lowest BCUT2D eigenvalue weighted by Crippen LogP contribution is -2.36. The van der Waals surface area contributed by atoms with Crippen LogP contribution in [0, 0.1) is 11.3 Å². The number of hydrogen-bond acceptors (Lipinski definition) is 5. The quantitative estimate of drug-likeness (QED) is 0.599. The Balaban J connectivity index is 1.70. The van der Waals surface area contributed by atoms with Gasteiger partial charge in [-0.05, 0) is 21.5 Å². The molecule has 0 unspecified atom stereocenters. The standard InChI is InChI=1S/C19H18BrN3O3/c20-17-11-16(26-19(17)23-6-8-25-9-7-23)10-15(12-21)18(24)22-13-14-4-2-1-3-5-14/h1-5,10-11H,6-9,13H2,(H,22,24)/b15-10-. The average molecular weight is 416 g/mol. The van der Waals surface area contributed by atoms with Gasteiger partial charge in [0.2, 0.25) is 5.88 Å². The number of halogens is 1. The van der Waals surface area contributed by atoms with Gasteiger partial charge in [-0.2, -0.15) is 5.26 Å². The van der Waals surface area contributed by atoms with E-state index in [0.717, 1.165) is 23.1 Å². The fourth-order valence-electron chi connectivity index (χ4n) is 2.59.